The average molecular weight is 487 g/mol. The number of aromatic nitrogens is 2. The molecule has 1 saturated carbocycles. The molecular formula is C26H29F3N4O2. The maximum Gasteiger partial charge on any atom is 0.421 e. The van der Waals surface area contributed by atoms with Gasteiger partial charge < -0.3 is 20.1 Å². The molecule has 0 spiro atoms. The molecule has 0 radical (unpaired) electrons. The smallest absolute Gasteiger partial charge is 0.421 e. The highest BCUT2D eigenvalue weighted by Crippen LogP contribution is 2.36. The summed E-state index contributed by atoms with van der Waals surface area (Å²) in [5.41, 5.74) is -0.242. The van der Waals surface area contributed by atoms with Gasteiger partial charge in [0, 0.05) is 23.6 Å². The van der Waals surface area contributed by atoms with Crippen LogP contribution in [0.4, 0.5) is 36.3 Å². The molecule has 4 rings (SSSR count). The molecule has 0 bridgehead atoms. The summed E-state index contributed by atoms with van der Waals surface area (Å²) in [4.78, 5) is 7.99. The number of rotatable bonds is 7. The normalized spacial score (nSPS) is 14.6. The third-order valence-corrected chi connectivity index (χ3v) is 5.33. The number of ether oxygens (including phenoxy) is 2. The van der Waals surface area contributed by atoms with Crippen molar-refractivity contribution in [2.24, 2.45) is 0 Å². The number of hydrogen-bond donors (Lipinski definition) is 2. The summed E-state index contributed by atoms with van der Waals surface area (Å²) in [6.45, 7) is 5.83. The predicted molar refractivity (Wildman–Crippen MR) is 130 cm³/mol. The first kappa shape index (κ1) is 24.6. The minimum absolute atomic E-state index is 0.0309. The third kappa shape index (κ3) is 7.00. The summed E-state index contributed by atoms with van der Waals surface area (Å²) in [6, 6.07) is 13.9. The van der Waals surface area contributed by atoms with Gasteiger partial charge in [-0.2, -0.15) is 18.2 Å². The molecule has 1 heterocycles. The molecule has 3 aromatic rings. The summed E-state index contributed by atoms with van der Waals surface area (Å²) in [5, 5.41) is 5.74. The maximum absolute atomic E-state index is 13.7. The van der Waals surface area contributed by atoms with Gasteiger partial charge in [0.2, 0.25) is 5.95 Å². The Morgan fingerprint density at radius 1 is 0.886 bits per heavy atom. The fourth-order valence-electron chi connectivity index (χ4n) is 3.82. The minimum atomic E-state index is -4.62. The molecule has 0 unspecified atom stereocenters. The summed E-state index contributed by atoms with van der Waals surface area (Å²) in [6.07, 6.45) is 0.519. The van der Waals surface area contributed by atoms with Crippen molar-refractivity contribution in [2.75, 3.05) is 10.6 Å². The van der Waals surface area contributed by atoms with Crippen LogP contribution >= 0.6 is 0 Å². The molecule has 1 fully saturated rings. The zero-order valence-electron chi connectivity index (χ0n) is 19.9. The van der Waals surface area contributed by atoms with Crippen LogP contribution in [0.5, 0.6) is 11.5 Å². The molecule has 0 aliphatic heterocycles. The first-order chi connectivity index (χ1) is 16.5. The topological polar surface area (TPSA) is 68.3 Å². The van der Waals surface area contributed by atoms with E-state index in [1.807, 2.05) is 20.8 Å². The van der Waals surface area contributed by atoms with Gasteiger partial charge in [-0.1, -0.05) is 6.07 Å². The zero-order chi connectivity index (χ0) is 25.1. The van der Waals surface area contributed by atoms with Gasteiger partial charge in [0.05, 0.1) is 6.10 Å². The van der Waals surface area contributed by atoms with Gasteiger partial charge in [-0.3, -0.25) is 0 Å². The highest BCUT2D eigenvalue weighted by molar-refractivity contribution is 5.64. The van der Waals surface area contributed by atoms with Gasteiger partial charge in [-0.05, 0) is 82.9 Å². The summed E-state index contributed by atoms with van der Waals surface area (Å²) < 4.78 is 52.7. The first-order valence-electron chi connectivity index (χ1n) is 11.6. The number of halogens is 3. The van der Waals surface area contributed by atoms with E-state index in [-0.39, 0.29) is 23.5 Å². The van der Waals surface area contributed by atoms with E-state index in [0.29, 0.717) is 22.9 Å². The van der Waals surface area contributed by atoms with Crippen molar-refractivity contribution in [1.29, 1.82) is 0 Å². The SMILES string of the molecule is CC(C)(C)Oc1ccc(Nc2ncc(C(F)(F)F)c(Nc3cccc(OC4CCCC4)c3)n2)cc1. The van der Waals surface area contributed by atoms with Gasteiger partial charge in [-0.15, -0.1) is 0 Å². The van der Waals surface area contributed by atoms with Gasteiger partial charge in [0.1, 0.15) is 28.5 Å². The van der Waals surface area contributed by atoms with Crippen LogP contribution in [0, 0.1) is 0 Å². The second kappa shape index (κ2) is 10.0. The van der Waals surface area contributed by atoms with Crippen molar-refractivity contribution in [3.8, 4) is 11.5 Å². The van der Waals surface area contributed by atoms with E-state index in [9.17, 15) is 13.2 Å². The Kier molecular flexibility index (Phi) is 7.05. The predicted octanol–water partition coefficient (Wildman–Crippen LogP) is 7.48. The summed E-state index contributed by atoms with van der Waals surface area (Å²) in [5.74, 6) is 0.975. The van der Waals surface area contributed by atoms with Gasteiger partial charge in [0.15, 0.2) is 0 Å². The first-order valence-corrected chi connectivity index (χ1v) is 11.6. The molecule has 0 atom stereocenters. The molecule has 35 heavy (non-hydrogen) atoms. The monoisotopic (exact) mass is 486 g/mol. The van der Waals surface area contributed by atoms with Crippen molar-refractivity contribution in [3.63, 3.8) is 0 Å². The van der Waals surface area contributed by atoms with Crippen LogP contribution in [0.25, 0.3) is 0 Å². The van der Waals surface area contributed by atoms with Gasteiger partial charge >= 0.3 is 6.18 Å². The van der Waals surface area contributed by atoms with Crippen molar-refractivity contribution < 1.29 is 22.6 Å². The Bertz CT molecular complexity index is 1140. The molecular weight excluding hydrogens is 457 g/mol. The van der Waals surface area contributed by atoms with Gasteiger partial charge in [-0.25, -0.2) is 4.98 Å². The molecule has 2 aromatic carbocycles. The molecule has 186 valence electrons. The number of nitrogens with zero attached hydrogens (tertiary/aromatic N) is 2. The van der Waals surface area contributed by atoms with E-state index < -0.39 is 11.7 Å². The molecule has 1 aliphatic carbocycles. The lowest BCUT2D eigenvalue weighted by atomic mass is 10.2. The Morgan fingerprint density at radius 3 is 2.26 bits per heavy atom. The lowest BCUT2D eigenvalue weighted by molar-refractivity contribution is -0.137. The second-order valence-electron chi connectivity index (χ2n) is 9.49. The lowest BCUT2D eigenvalue weighted by Crippen LogP contribution is -2.22. The zero-order valence-corrected chi connectivity index (χ0v) is 19.9. The van der Waals surface area contributed by atoms with E-state index in [0.717, 1.165) is 31.9 Å². The molecule has 9 heteroatoms. The average Bonchev–Trinajstić information content (AvgIpc) is 3.27. The van der Waals surface area contributed by atoms with Gasteiger partial charge in [0.25, 0.3) is 0 Å². The fraction of sp³-hybridized carbons (Fsp3) is 0.385. The van der Waals surface area contributed by atoms with Crippen molar-refractivity contribution >= 4 is 23.1 Å². The molecule has 6 nitrogen and oxygen atoms in total. The van der Waals surface area contributed by atoms with E-state index in [1.165, 1.54) is 0 Å². The third-order valence-electron chi connectivity index (χ3n) is 5.33. The quantitative estimate of drug-likeness (QED) is 0.361. The van der Waals surface area contributed by atoms with E-state index in [4.69, 9.17) is 9.47 Å². The fourth-order valence-corrected chi connectivity index (χ4v) is 3.82. The van der Waals surface area contributed by atoms with E-state index in [1.54, 1.807) is 48.5 Å². The lowest BCUT2D eigenvalue weighted by Gasteiger charge is -2.21. The van der Waals surface area contributed by atoms with Crippen LogP contribution in [0.3, 0.4) is 0 Å². The minimum Gasteiger partial charge on any atom is -0.490 e. The molecule has 0 saturated heterocycles. The number of anilines is 4. The number of hydrogen-bond acceptors (Lipinski definition) is 6. The van der Waals surface area contributed by atoms with Crippen molar-refractivity contribution in [2.45, 2.75) is 64.3 Å². The highest BCUT2D eigenvalue weighted by Gasteiger charge is 2.35. The van der Waals surface area contributed by atoms with Crippen LogP contribution < -0.4 is 20.1 Å². The van der Waals surface area contributed by atoms with Crippen LogP contribution in [0.15, 0.2) is 54.7 Å². The van der Waals surface area contributed by atoms with Crippen LogP contribution in [0.2, 0.25) is 0 Å². The highest BCUT2D eigenvalue weighted by atomic mass is 19.4. The number of alkyl halides is 3. The molecule has 1 aliphatic rings. The number of nitrogens with one attached hydrogen (secondary N) is 2. The molecule has 0 amide bonds. The summed E-state index contributed by atoms with van der Waals surface area (Å²) in [7, 11) is 0. The van der Waals surface area contributed by atoms with E-state index >= 15 is 0 Å². The van der Waals surface area contributed by atoms with Crippen LogP contribution in [-0.4, -0.2) is 21.7 Å². The largest absolute Gasteiger partial charge is 0.490 e. The summed E-state index contributed by atoms with van der Waals surface area (Å²) >= 11 is 0. The van der Waals surface area contributed by atoms with Crippen LogP contribution in [-0.2, 0) is 6.18 Å². The Morgan fingerprint density at radius 2 is 1.60 bits per heavy atom. The van der Waals surface area contributed by atoms with Crippen LogP contribution in [0.1, 0.15) is 52.0 Å². The van der Waals surface area contributed by atoms with Crippen molar-refractivity contribution in [3.05, 3.63) is 60.3 Å². The molecule has 2 N–H and O–H groups in total. The Labute approximate surface area is 202 Å². The van der Waals surface area contributed by atoms with Crippen molar-refractivity contribution in [1.82, 2.24) is 9.97 Å². The maximum atomic E-state index is 13.7. The molecule has 1 aromatic heterocycles. The Balaban J connectivity index is 1.53. The van der Waals surface area contributed by atoms with E-state index in [2.05, 4.69) is 20.6 Å². The standard InChI is InChI=1S/C26H29F3N4O2/c1-25(2,3)35-20-13-11-17(12-14-20)32-24-30-16-22(26(27,28)29)23(33-24)31-18-7-6-10-21(15-18)34-19-8-4-5-9-19/h6-7,10-16,19H,4-5,8-9H2,1-3H3,(H2,30,31,32,33). The second-order valence-corrected chi connectivity index (χ2v) is 9.49. The Hall–Kier alpha value is -3.49. The number of benzene rings is 2.